The van der Waals surface area contributed by atoms with Crippen molar-refractivity contribution >= 4 is 29.2 Å². The number of hydrogen-bond donors (Lipinski definition) is 1. The highest BCUT2D eigenvalue weighted by Crippen LogP contribution is 2.26. The number of esters is 1. The molecule has 3 aromatic rings. The van der Waals surface area contributed by atoms with Crippen LogP contribution in [0.5, 0.6) is 0 Å². The molecule has 0 unspecified atom stereocenters. The molecule has 0 amide bonds. The molecule has 0 bridgehead atoms. The summed E-state index contributed by atoms with van der Waals surface area (Å²) in [5.74, 6) is -0.487. The minimum atomic E-state index is -0.687. The summed E-state index contributed by atoms with van der Waals surface area (Å²) >= 11 is 0. The van der Waals surface area contributed by atoms with Crippen LogP contribution in [0.3, 0.4) is 0 Å². The lowest BCUT2D eigenvalue weighted by molar-refractivity contribution is 0.0525. The van der Waals surface area contributed by atoms with E-state index in [0.717, 1.165) is 23.2 Å². The Morgan fingerprint density at radius 1 is 1.30 bits per heavy atom. The van der Waals surface area contributed by atoms with Gasteiger partial charge < -0.3 is 10.1 Å². The number of allylic oxidation sites excluding steroid dienone is 1. The first-order valence-corrected chi connectivity index (χ1v) is 8.83. The van der Waals surface area contributed by atoms with Crippen molar-refractivity contribution in [1.29, 1.82) is 0 Å². The second-order valence-electron chi connectivity index (χ2n) is 6.44. The fourth-order valence-electron chi connectivity index (χ4n) is 3.18. The van der Waals surface area contributed by atoms with Gasteiger partial charge in [-0.1, -0.05) is 18.2 Å². The largest absolute Gasteiger partial charge is 0.462 e. The van der Waals surface area contributed by atoms with Crippen LogP contribution in [-0.2, 0) is 11.2 Å². The number of rotatable bonds is 4. The first kappa shape index (κ1) is 17.0. The highest BCUT2D eigenvalue weighted by atomic mass is 16.5. The van der Waals surface area contributed by atoms with Crippen molar-refractivity contribution in [3.63, 3.8) is 0 Å². The van der Waals surface area contributed by atoms with Crippen LogP contribution >= 0.6 is 0 Å². The minimum absolute atomic E-state index is 0.103. The second-order valence-corrected chi connectivity index (χ2v) is 6.44. The van der Waals surface area contributed by atoms with Crippen LogP contribution in [0.25, 0.3) is 11.7 Å². The molecule has 136 valence electrons. The lowest BCUT2D eigenvalue weighted by Gasteiger charge is -2.13. The van der Waals surface area contributed by atoms with Crippen LogP contribution < -0.4 is 10.9 Å². The van der Waals surface area contributed by atoms with E-state index in [2.05, 4.69) is 22.5 Å². The number of pyridine rings is 1. The molecule has 1 aliphatic carbocycles. The van der Waals surface area contributed by atoms with Crippen LogP contribution in [0.15, 0.2) is 47.4 Å². The Hall–Kier alpha value is -3.41. The van der Waals surface area contributed by atoms with Gasteiger partial charge in [-0.25, -0.2) is 9.78 Å². The summed E-state index contributed by atoms with van der Waals surface area (Å²) in [4.78, 5) is 29.9. The molecule has 1 aromatic carbocycles. The van der Waals surface area contributed by atoms with Gasteiger partial charge in [0.2, 0.25) is 0 Å². The Morgan fingerprint density at radius 3 is 2.96 bits per heavy atom. The normalized spacial score (nSPS) is 12.2. The summed E-state index contributed by atoms with van der Waals surface area (Å²) in [5.41, 5.74) is 4.00. The predicted molar refractivity (Wildman–Crippen MR) is 105 cm³/mol. The molecule has 1 N–H and O–H groups in total. The van der Waals surface area contributed by atoms with Crippen molar-refractivity contribution in [3.05, 3.63) is 75.2 Å². The average molecular weight is 361 g/mol. The van der Waals surface area contributed by atoms with Crippen molar-refractivity contribution in [2.45, 2.75) is 20.3 Å². The minimum Gasteiger partial charge on any atom is -0.462 e. The molecule has 6 heteroatoms. The van der Waals surface area contributed by atoms with Crippen LogP contribution in [0, 0.1) is 6.92 Å². The van der Waals surface area contributed by atoms with Crippen molar-refractivity contribution < 1.29 is 9.53 Å². The first-order chi connectivity index (χ1) is 13.1. The number of carbonyl (C=O) groups is 1. The molecule has 0 radical (unpaired) electrons. The molecule has 2 heterocycles. The summed E-state index contributed by atoms with van der Waals surface area (Å²) in [7, 11) is 0. The van der Waals surface area contributed by atoms with Crippen LogP contribution in [0.4, 0.5) is 11.5 Å². The van der Waals surface area contributed by atoms with Crippen LogP contribution in [0.1, 0.15) is 34.0 Å². The second kappa shape index (κ2) is 6.72. The van der Waals surface area contributed by atoms with Crippen molar-refractivity contribution in [3.8, 4) is 0 Å². The zero-order valence-corrected chi connectivity index (χ0v) is 15.2. The number of carbonyl (C=O) groups excluding carboxylic acids is 1. The van der Waals surface area contributed by atoms with E-state index in [-0.39, 0.29) is 18.0 Å². The third kappa shape index (κ3) is 3.10. The molecule has 0 atom stereocenters. The fraction of sp³-hybridized carbons (Fsp3) is 0.190. The summed E-state index contributed by atoms with van der Waals surface area (Å²) in [5, 5.41) is 3.13. The molecule has 6 nitrogen and oxygen atoms in total. The van der Waals surface area contributed by atoms with Gasteiger partial charge in [-0.15, -0.1) is 0 Å². The van der Waals surface area contributed by atoms with E-state index in [9.17, 15) is 9.59 Å². The van der Waals surface area contributed by atoms with Gasteiger partial charge in [-0.05, 0) is 61.2 Å². The van der Waals surface area contributed by atoms with E-state index >= 15 is 0 Å². The number of ether oxygens (including phenoxy) is 1. The zero-order valence-electron chi connectivity index (χ0n) is 15.2. The smallest absolute Gasteiger partial charge is 0.347 e. The molecule has 2 aromatic heterocycles. The molecule has 0 aliphatic heterocycles. The lowest BCUT2D eigenvalue weighted by Crippen LogP contribution is -2.26. The monoisotopic (exact) mass is 361 g/mol. The zero-order chi connectivity index (χ0) is 19.0. The highest BCUT2D eigenvalue weighted by Gasteiger charge is 2.22. The number of benzene rings is 1. The molecule has 0 saturated heterocycles. The van der Waals surface area contributed by atoms with Gasteiger partial charge >= 0.3 is 5.97 Å². The molecule has 0 saturated carbocycles. The van der Waals surface area contributed by atoms with Crippen molar-refractivity contribution in [2.75, 3.05) is 11.9 Å². The molecule has 0 spiro atoms. The van der Waals surface area contributed by atoms with Gasteiger partial charge in [0, 0.05) is 11.9 Å². The van der Waals surface area contributed by atoms with Crippen LogP contribution in [0.2, 0.25) is 0 Å². The van der Waals surface area contributed by atoms with E-state index in [1.807, 2.05) is 25.1 Å². The number of fused-ring (bicyclic) bond motifs is 2. The van der Waals surface area contributed by atoms with Crippen LogP contribution in [-0.4, -0.2) is 22.0 Å². The third-order valence-corrected chi connectivity index (χ3v) is 4.51. The number of nitrogens with zero attached hydrogens (tertiary/aromatic N) is 2. The third-order valence-electron chi connectivity index (χ3n) is 4.51. The molecular weight excluding hydrogens is 342 g/mol. The lowest BCUT2D eigenvalue weighted by atomic mass is 10.1. The molecule has 27 heavy (non-hydrogen) atoms. The SMILES string of the molecule is CCOC(=O)c1c(Nc2ccc3c(c2)C=CC3)nc2cc(C)ccn2c1=O. The Labute approximate surface area is 156 Å². The number of hydrogen-bond acceptors (Lipinski definition) is 5. The molecule has 0 fully saturated rings. The Kier molecular flexibility index (Phi) is 4.24. The van der Waals surface area contributed by atoms with Gasteiger partial charge in [0.25, 0.3) is 5.56 Å². The average Bonchev–Trinajstić information content (AvgIpc) is 3.09. The maximum Gasteiger partial charge on any atom is 0.347 e. The Morgan fingerprint density at radius 2 is 2.15 bits per heavy atom. The number of aromatic nitrogens is 2. The van der Waals surface area contributed by atoms with Gasteiger partial charge in [0.1, 0.15) is 5.65 Å². The fourth-order valence-corrected chi connectivity index (χ4v) is 3.18. The summed E-state index contributed by atoms with van der Waals surface area (Å²) in [6.45, 7) is 3.80. The molecule has 4 rings (SSSR count). The van der Waals surface area contributed by atoms with E-state index in [1.165, 1.54) is 9.96 Å². The number of nitrogens with one attached hydrogen (secondary N) is 1. The molecule has 1 aliphatic rings. The van der Waals surface area contributed by atoms with Gasteiger partial charge in [-0.3, -0.25) is 9.20 Å². The Balaban J connectivity index is 1.86. The first-order valence-electron chi connectivity index (χ1n) is 8.83. The van der Waals surface area contributed by atoms with E-state index in [1.54, 1.807) is 25.3 Å². The maximum atomic E-state index is 12.9. The van der Waals surface area contributed by atoms with Crippen molar-refractivity contribution in [1.82, 2.24) is 9.38 Å². The topological polar surface area (TPSA) is 72.7 Å². The quantitative estimate of drug-likeness (QED) is 0.720. The van der Waals surface area contributed by atoms with Crippen molar-refractivity contribution in [2.24, 2.45) is 0 Å². The number of anilines is 2. The van der Waals surface area contributed by atoms with E-state index in [0.29, 0.717) is 5.65 Å². The van der Waals surface area contributed by atoms with E-state index in [4.69, 9.17) is 4.74 Å². The summed E-state index contributed by atoms with van der Waals surface area (Å²) in [6, 6.07) is 9.52. The number of aryl methyl sites for hydroxylation is 1. The maximum absolute atomic E-state index is 12.9. The standard InChI is InChI=1S/C21H19N3O3/c1-3-27-21(26)18-19(22-16-8-7-14-5-4-6-15(14)12-16)23-17-11-13(2)9-10-24(17)20(18)25/h4,6-12,22H,3,5H2,1-2H3. The van der Waals surface area contributed by atoms with Gasteiger partial charge in [-0.2, -0.15) is 0 Å². The summed E-state index contributed by atoms with van der Waals surface area (Å²) < 4.78 is 6.45. The van der Waals surface area contributed by atoms with Gasteiger partial charge in [0.15, 0.2) is 11.4 Å². The molecular formula is C21H19N3O3. The van der Waals surface area contributed by atoms with E-state index < -0.39 is 11.5 Å². The summed E-state index contributed by atoms with van der Waals surface area (Å²) in [6.07, 6.45) is 6.69. The predicted octanol–water partition coefficient (Wildman–Crippen LogP) is 3.49. The van der Waals surface area contributed by atoms with Gasteiger partial charge in [0.05, 0.1) is 6.61 Å². The Bertz CT molecular complexity index is 1150. The highest BCUT2D eigenvalue weighted by molar-refractivity contribution is 5.95.